The fourth-order valence-electron chi connectivity index (χ4n) is 3.11. The smallest absolute Gasteiger partial charge is 0.253 e. The van der Waals surface area contributed by atoms with Crippen molar-refractivity contribution in [3.8, 4) is 0 Å². The van der Waals surface area contributed by atoms with Gasteiger partial charge in [0.05, 0.1) is 0 Å². The van der Waals surface area contributed by atoms with E-state index in [9.17, 15) is 4.79 Å². The summed E-state index contributed by atoms with van der Waals surface area (Å²) in [6.45, 7) is 3.74. The fourth-order valence-corrected chi connectivity index (χ4v) is 3.64. The Bertz CT molecular complexity index is 492. The van der Waals surface area contributed by atoms with Crippen molar-refractivity contribution in [2.45, 2.75) is 12.8 Å². The summed E-state index contributed by atoms with van der Waals surface area (Å²) in [5.74, 6) is 0.0353. The molecule has 0 saturated carbocycles. The number of halogens is 2. The zero-order valence-electron chi connectivity index (χ0n) is 10.6. The largest absolute Gasteiger partial charge is 0.338 e. The van der Waals surface area contributed by atoms with Gasteiger partial charge in [-0.1, -0.05) is 23.2 Å². The Morgan fingerprint density at radius 2 is 1.95 bits per heavy atom. The second-order valence-corrected chi connectivity index (χ2v) is 6.43. The molecule has 2 fully saturated rings. The van der Waals surface area contributed by atoms with Crippen molar-refractivity contribution < 1.29 is 4.79 Å². The summed E-state index contributed by atoms with van der Waals surface area (Å²) in [6.07, 6.45) is 2.24. The van der Waals surface area contributed by atoms with Gasteiger partial charge in [0.15, 0.2) is 0 Å². The zero-order chi connectivity index (χ0) is 13.5. The molecular formula is C14H16Cl2N2O. The SMILES string of the molecule is O=C(c1cc(Cl)cc(Cl)c1)N1CCC2(CCNC2)C1. The number of rotatable bonds is 1. The molecule has 5 heteroatoms. The van der Waals surface area contributed by atoms with E-state index in [0.29, 0.717) is 15.6 Å². The third-order valence-corrected chi connectivity index (χ3v) is 4.60. The summed E-state index contributed by atoms with van der Waals surface area (Å²) < 4.78 is 0. The Kier molecular flexibility index (Phi) is 3.46. The highest BCUT2D eigenvalue weighted by Gasteiger charge is 2.41. The Hall–Kier alpha value is -0.770. The highest BCUT2D eigenvalue weighted by atomic mass is 35.5. The van der Waals surface area contributed by atoms with Crippen LogP contribution in [0.5, 0.6) is 0 Å². The van der Waals surface area contributed by atoms with Gasteiger partial charge in [0.25, 0.3) is 5.91 Å². The quantitative estimate of drug-likeness (QED) is 0.865. The van der Waals surface area contributed by atoms with Crippen molar-refractivity contribution in [1.29, 1.82) is 0 Å². The summed E-state index contributed by atoms with van der Waals surface area (Å²) in [5, 5.41) is 4.41. The summed E-state index contributed by atoms with van der Waals surface area (Å²) >= 11 is 11.9. The van der Waals surface area contributed by atoms with Crippen LogP contribution in [0.4, 0.5) is 0 Å². The minimum Gasteiger partial charge on any atom is -0.338 e. The van der Waals surface area contributed by atoms with E-state index in [1.807, 2.05) is 4.90 Å². The molecule has 0 aliphatic carbocycles. The maximum absolute atomic E-state index is 12.5. The number of carbonyl (C=O) groups is 1. The first-order valence-electron chi connectivity index (χ1n) is 6.54. The van der Waals surface area contributed by atoms with Gasteiger partial charge in [-0.2, -0.15) is 0 Å². The van der Waals surface area contributed by atoms with Gasteiger partial charge in [0.1, 0.15) is 0 Å². The van der Waals surface area contributed by atoms with Crippen molar-refractivity contribution in [2.24, 2.45) is 5.41 Å². The van der Waals surface area contributed by atoms with Crippen LogP contribution in [0.2, 0.25) is 10.0 Å². The zero-order valence-corrected chi connectivity index (χ0v) is 12.1. The monoisotopic (exact) mass is 298 g/mol. The molecule has 3 nitrogen and oxygen atoms in total. The first-order chi connectivity index (χ1) is 9.08. The first kappa shape index (κ1) is 13.2. The molecule has 2 heterocycles. The molecule has 1 aromatic rings. The number of nitrogens with one attached hydrogen (secondary N) is 1. The third-order valence-electron chi connectivity index (χ3n) is 4.17. The molecule has 1 N–H and O–H groups in total. The van der Waals surface area contributed by atoms with Gasteiger partial charge in [0.2, 0.25) is 0 Å². The van der Waals surface area contributed by atoms with Gasteiger partial charge < -0.3 is 10.2 Å². The van der Waals surface area contributed by atoms with Crippen LogP contribution in [-0.4, -0.2) is 37.0 Å². The van der Waals surface area contributed by atoms with E-state index in [2.05, 4.69) is 5.32 Å². The van der Waals surface area contributed by atoms with E-state index < -0.39 is 0 Å². The third kappa shape index (κ3) is 2.60. The number of hydrogen-bond acceptors (Lipinski definition) is 2. The van der Waals surface area contributed by atoms with E-state index in [1.54, 1.807) is 18.2 Å². The molecule has 1 unspecified atom stereocenters. The van der Waals surface area contributed by atoms with Crippen LogP contribution in [0, 0.1) is 5.41 Å². The van der Waals surface area contributed by atoms with E-state index in [-0.39, 0.29) is 11.3 Å². The maximum atomic E-state index is 12.5. The average molecular weight is 299 g/mol. The van der Waals surface area contributed by atoms with Gasteiger partial charge in [-0.05, 0) is 37.6 Å². The molecule has 2 aliphatic rings. The summed E-state index contributed by atoms with van der Waals surface area (Å²) in [7, 11) is 0. The van der Waals surface area contributed by atoms with Crippen molar-refractivity contribution in [1.82, 2.24) is 10.2 Å². The van der Waals surface area contributed by atoms with Crippen LogP contribution < -0.4 is 5.32 Å². The van der Waals surface area contributed by atoms with Gasteiger partial charge in [-0.25, -0.2) is 0 Å². The lowest BCUT2D eigenvalue weighted by atomic mass is 9.86. The van der Waals surface area contributed by atoms with Crippen molar-refractivity contribution in [3.63, 3.8) is 0 Å². The molecule has 0 bridgehead atoms. The minimum atomic E-state index is 0.0353. The van der Waals surface area contributed by atoms with Gasteiger partial charge >= 0.3 is 0 Å². The van der Waals surface area contributed by atoms with Crippen molar-refractivity contribution >= 4 is 29.1 Å². The number of amides is 1. The molecule has 2 saturated heterocycles. The molecule has 1 amide bonds. The molecule has 3 rings (SSSR count). The summed E-state index contributed by atoms with van der Waals surface area (Å²) in [6, 6.07) is 5.02. The van der Waals surface area contributed by atoms with Crippen LogP contribution in [0.25, 0.3) is 0 Å². The minimum absolute atomic E-state index is 0.0353. The molecular weight excluding hydrogens is 283 g/mol. The van der Waals surface area contributed by atoms with Gasteiger partial charge in [-0.15, -0.1) is 0 Å². The Morgan fingerprint density at radius 1 is 1.21 bits per heavy atom. The first-order valence-corrected chi connectivity index (χ1v) is 7.30. The highest BCUT2D eigenvalue weighted by Crippen LogP contribution is 2.36. The van der Waals surface area contributed by atoms with E-state index in [0.717, 1.165) is 39.0 Å². The standard InChI is InChI=1S/C14H16Cl2N2O/c15-11-5-10(6-12(16)7-11)13(19)18-4-2-14(9-18)1-3-17-8-14/h5-7,17H,1-4,8-9H2. The van der Waals surface area contributed by atoms with Crippen molar-refractivity contribution in [2.75, 3.05) is 26.2 Å². The lowest BCUT2D eigenvalue weighted by molar-refractivity contribution is 0.0775. The Morgan fingerprint density at radius 3 is 2.58 bits per heavy atom. The molecule has 0 aromatic heterocycles. The molecule has 2 aliphatic heterocycles. The summed E-state index contributed by atoms with van der Waals surface area (Å²) in [4.78, 5) is 14.4. The predicted octanol–water partition coefficient (Wildman–Crippen LogP) is 2.82. The second-order valence-electron chi connectivity index (χ2n) is 5.56. The second kappa shape index (κ2) is 4.97. The van der Waals surface area contributed by atoms with Gasteiger partial charge in [-0.3, -0.25) is 4.79 Å². The van der Waals surface area contributed by atoms with Crippen molar-refractivity contribution in [3.05, 3.63) is 33.8 Å². The number of hydrogen-bond donors (Lipinski definition) is 1. The molecule has 102 valence electrons. The fraction of sp³-hybridized carbons (Fsp3) is 0.500. The normalized spacial score (nSPS) is 26.3. The topological polar surface area (TPSA) is 32.3 Å². The predicted molar refractivity (Wildman–Crippen MR) is 76.9 cm³/mol. The van der Waals surface area contributed by atoms with Crippen LogP contribution in [0.1, 0.15) is 23.2 Å². The molecule has 19 heavy (non-hydrogen) atoms. The van der Waals surface area contributed by atoms with Crippen LogP contribution in [0.3, 0.4) is 0 Å². The van der Waals surface area contributed by atoms with E-state index >= 15 is 0 Å². The molecule has 1 spiro atoms. The molecule has 1 atom stereocenters. The number of nitrogens with zero attached hydrogens (tertiary/aromatic N) is 1. The highest BCUT2D eigenvalue weighted by molar-refractivity contribution is 6.35. The average Bonchev–Trinajstić information content (AvgIpc) is 2.98. The maximum Gasteiger partial charge on any atom is 0.253 e. The van der Waals surface area contributed by atoms with E-state index in [4.69, 9.17) is 23.2 Å². The summed E-state index contributed by atoms with van der Waals surface area (Å²) in [5.41, 5.74) is 0.874. The van der Waals surface area contributed by atoms with Gasteiger partial charge in [0, 0.05) is 40.7 Å². The Labute approximate surface area is 122 Å². The van der Waals surface area contributed by atoms with E-state index in [1.165, 1.54) is 0 Å². The molecule has 1 aromatic carbocycles. The number of carbonyl (C=O) groups excluding carboxylic acids is 1. The Balaban J connectivity index is 1.77. The lowest BCUT2D eigenvalue weighted by Gasteiger charge is -2.22. The number of benzene rings is 1. The van der Waals surface area contributed by atoms with Crippen LogP contribution in [-0.2, 0) is 0 Å². The van der Waals surface area contributed by atoms with Crippen LogP contribution >= 0.6 is 23.2 Å². The number of likely N-dealkylation sites (tertiary alicyclic amines) is 1. The molecule has 0 radical (unpaired) electrons. The van der Waals surface area contributed by atoms with Crippen LogP contribution in [0.15, 0.2) is 18.2 Å². The lowest BCUT2D eigenvalue weighted by Crippen LogP contribution is -2.33.